The predicted octanol–water partition coefficient (Wildman–Crippen LogP) is 0.490. The smallest absolute Gasteiger partial charge is 0.154 e. The van der Waals surface area contributed by atoms with Crippen LogP contribution in [0.25, 0.3) is 0 Å². The molecule has 1 aliphatic heterocycles. The average molecular weight is 241 g/mol. The molecule has 0 aromatic carbocycles. The van der Waals surface area contributed by atoms with E-state index in [-0.39, 0.29) is 11.0 Å². The van der Waals surface area contributed by atoms with Crippen LogP contribution in [0.5, 0.6) is 0 Å². The van der Waals surface area contributed by atoms with Crippen molar-refractivity contribution in [2.45, 2.75) is 18.6 Å². The molecule has 2 heterocycles. The van der Waals surface area contributed by atoms with E-state index in [4.69, 9.17) is 0 Å². The van der Waals surface area contributed by atoms with Crippen LogP contribution in [-0.2, 0) is 9.84 Å². The Labute approximate surface area is 95.4 Å². The number of nitrogens with zero attached hydrogens (tertiary/aromatic N) is 3. The van der Waals surface area contributed by atoms with Crippen molar-refractivity contribution in [1.29, 1.82) is 0 Å². The minimum Gasteiger partial charge on any atom is -0.354 e. The molecule has 0 radical (unpaired) electrons. The summed E-state index contributed by atoms with van der Waals surface area (Å²) in [6, 6.07) is 0. The first-order valence-corrected chi connectivity index (χ1v) is 7.04. The number of hydrogen-bond donors (Lipinski definition) is 0. The molecular weight excluding hydrogens is 226 g/mol. The van der Waals surface area contributed by atoms with Crippen LogP contribution in [0.3, 0.4) is 0 Å². The summed E-state index contributed by atoms with van der Waals surface area (Å²) in [6.07, 6.45) is 5.56. The molecule has 16 heavy (non-hydrogen) atoms. The van der Waals surface area contributed by atoms with E-state index < -0.39 is 9.84 Å². The minimum absolute atomic E-state index is 0.199. The van der Waals surface area contributed by atoms with Gasteiger partial charge >= 0.3 is 0 Å². The summed E-state index contributed by atoms with van der Waals surface area (Å²) in [5.41, 5.74) is 0. The predicted molar refractivity (Wildman–Crippen MR) is 62.1 cm³/mol. The summed E-state index contributed by atoms with van der Waals surface area (Å²) < 4.78 is 23.4. The molecule has 0 bridgehead atoms. The zero-order valence-electron chi connectivity index (χ0n) is 9.20. The molecule has 1 saturated heterocycles. The molecule has 1 aromatic rings. The summed E-state index contributed by atoms with van der Waals surface area (Å²) in [4.78, 5) is 10.2. The van der Waals surface area contributed by atoms with E-state index >= 15 is 0 Å². The minimum atomic E-state index is -2.93. The van der Waals surface area contributed by atoms with Crippen molar-refractivity contribution >= 4 is 15.7 Å². The van der Waals surface area contributed by atoms with Crippen molar-refractivity contribution in [3.05, 3.63) is 18.6 Å². The van der Waals surface area contributed by atoms with Crippen LogP contribution in [-0.4, -0.2) is 42.5 Å². The van der Waals surface area contributed by atoms with Crippen LogP contribution in [0, 0.1) is 0 Å². The standard InChI is InChI=1S/C10H15N3O2S/c1-9-2-5-13(6-7-16(9,14)15)10-8-11-3-4-12-10/h3-4,8-9H,2,5-7H2,1H3. The second-order valence-corrected chi connectivity index (χ2v) is 6.56. The lowest BCUT2D eigenvalue weighted by Crippen LogP contribution is -2.27. The maximum absolute atomic E-state index is 11.7. The fraction of sp³-hybridized carbons (Fsp3) is 0.600. The summed E-state index contributed by atoms with van der Waals surface area (Å²) in [5, 5.41) is -0.255. The Hall–Kier alpha value is -1.17. The Morgan fingerprint density at radius 1 is 1.38 bits per heavy atom. The molecule has 6 heteroatoms. The van der Waals surface area contributed by atoms with Gasteiger partial charge in [0.1, 0.15) is 5.82 Å². The Balaban J connectivity index is 2.16. The SMILES string of the molecule is CC1CCN(c2cnccn2)CCS1(=O)=O. The summed E-state index contributed by atoms with van der Waals surface area (Å²) in [7, 11) is -2.93. The highest BCUT2D eigenvalue weighted by Crippen LogP contribution is 2.17. The molecule has 0 aliphatic carbocycles. The van der Waals surface area contributed by atoms with Crippen LogP contribution in [0.2, 0.25) is 0 Å². The van der Waals surface area contributed by atoms with Crippen molar-refractivity contribution in [3.8, 4) is 0 Å². The van der Waals surface area contributed by atoms with Gasteiger partial charge < -0.3 is 4.90 Å². The number of aromatic nitrogens is 2. The van der Waals surface area contributed by atoms with Gasteiger partial charge in [0.15, 0.2) is 9.84 Å². The second-order valence-electron chi connectivity index (χ2n) is 4.02. The highest BCUT2D eigenvalue weighted by atomic mass is 32.2. The van der Waals surface area contributed by atoms with Crippen LogP contribution >= 0.6 is 0 Å². The third kappa shape index (κ3) is 2.32. The van der Waals surface area contributed by atoms with Gasteiger partial charge in [-0.1, -0.05) is 0 Å². The maximum Gasteiger partial charge on any atom is 0.154 e. The molecule has 1 aromatic heterocycles. The van der Waals surface area contributed by atoms with Crippen LogP contribution in [0.15, 0.2) is 18.6 Å². The van der Waals surface area contributed by atoms with Crippen molar-refractivity contribution < 1.29 is 8.42 Å². The Kier molecular flexibility index (Phi) is 3.09. The largest absolute Gasteiger partial charge is 0.354 e. The summed E-state index contributed by atoms with van der Waals surface area (Å²) >= 11 is 0. The number of hydrogen-bond acceptors (Lipinski definition) is 5. The lowest BCUT2D eigenvalue weighted by Gasteiger charge is -2.19. The fourth-order valence-corrected chi connectivity index (χ4v) is 3.09. The van der Waals surface area contributed by atoms with Gasteiger partial charge in [0.25, 0.3) is 0 Å². The maximum atomic E-state index is 11.7. The van der Waals surface area contributed by atoms with Crippen molar-refractivity contribution in [2.24, 2.45) is 0 Å². The normalized spacial score (nSPS) is 25.1. The van der Waals surface area contributed by atoms with Crippen molar-refractivity contribution in [2.75, 3.05) is 23.7 Å². The van der Waals surface area contributed by atoms with Crippen LogP contribution in [0.1, 0.15) is 13.3 Å². The van der Waals surface area contributed by atoms with Gasteiger partial charge in [0.2, 0.25) is 0 Å². The van der Waals surface area contributed by atoms with Gasteiger partial charge in [-0.3, -0.25) is 4.98 Å². The van der Waals surface area contributed by atoms with Crippen molar-refractivity contribution in [3.63, 3.8) is 0 Å². The van der Waals surface area contributed by atoms with Gasteiger partial charge in [-0.15, -0.1) is 0 Å². The third-order valence-corrected chi connectivity index (χ3v) is 5.15. The van der Waals surface area contributed by atoms with Gasteiger partial charge in [-0.2, -0.15) is 0 Å². The topological polar surface area (TPSA) is 63.2 Å². The van der Waals surface area contributed by atoms with E-state index in [1.165, 1.54) is 0 Å². The highest BCUT2D eigenvalue weighted by Gasteiger charge is 2.26. The third-order valence-electron chi connectivity index (χ3n) is 2.94. The molecule has 1 fully saturated rings. The van der Waals surface area contributed by atoms with E-state index in [0.29, 0.717) is 13.0 Å². The molecular formula is C10H15N3O2S. The van der Waals surface area contributed by atoms with E-state index in [2.05, 4.69) is 9.97 Å². The molecule has 88 valence electrons. The van der Waals surface area contributed by atoms with Gasteiger partial charge in [0.05, 0.1) is 17.2 Å². The van der Waals surface area contributed by atoms with Crippen molar-refractivity contribution in [1.82, 2.24) is 9.97 Å². The Morgan fingerprint density at radius 2 is 2.19 bits per heavy atom. The number of anilines is 1. The molecule has 0 amide bonds. The second kappa shape index (κ2) is 4.37. The summed E-state index contributed by atoms with van der Waals surface area (Å²) in [5.74, 6) is 0.955. The molecule has 1 aliphatic rings. The quantitative estimate of drug-likeness (QED) is 0.716. The number of sulfone groups is 1. The average Bonchev–Trinajstić information content (AvgIpc) is 2.41. The summed E-state index contributed by atoms with van der Waals surface area (Å²) in [6.45, 7) is 3.00. The molecule has 2 rings (SSSR count). The van der Waals surface area contributed by atoms with Gasteiger partial charge in [-0.05, 0) is 13.3 Å². The van der Waals surface area contributed by atoms with E-state index in [1.54, 1.807) is 25.5 Å². The Morgan fingerprint density at radius 3 is 2.88 bits per heavy atom. The Bertz CT molecular complexity index is 446. The van der Waals surface area contributed by atoms with E-state index in [0.717, 1.165) is 12.4 Å². The van der Waals surface area contributed by atoms with Gasteiger partial charge in [0, 0.05) is 25.5 Å². The van der Waals surface area contributed by atoms with Gasteiger partial charge in [-0.25, -0.2) is 13.4 Å². The fourth-order valence-electron chi connectivity index (χ4n) is 1.75. The molecule has 0 spiro atoms. The first-order valence-electron chi connectivity index (χ1n) is 5.32. The lowest BCUT2D eigenvalue weighted by atomic mass is 10.3. The number of rotatable bonds is 1. The zero-order valence-corrected chi connectivity index (χ0v) is 10.0. The molecule has 0 N–H and O–H groups in total. The molecule has 0 saturated carbocycles. The zero-order chi connectivity index (χ0) is 11.6. The molecule has 1 unspecified atom stereocenters. The monoisotopic (exact) mass is 241 g/mol. The molecule has 5 nitrogen and oxygen atoms in total. The van der Waals surface area contributed by atoms with Crippen LogP contribution < -0.4 is 4.90 Å². The highest BCUT2D eigenvalue weighted by molar-refractivity contribution is 7.92. The van der Waals surface area contributed by atoms with E-state index in [9.17, 15) is 8.42 Å². The molecule has 1 atom stereocenters. The lowest BCUT2D eigenvalue weighted by molar-refractivity contribution is 0.584. The first-order chi connectivity index (χ1) is 7.59. The first kappa shape index (κ1) is 11.3. The van der Waals surface area contributed by atoms with E-state index in [1.807, 2.05) is 4.90 Å². The van der Waals surface area contributed by atoms with Crippen LogP contribution in [0.4, 0.5) is 5.82 Å².